The van der Waals surface area contributed by atoms with E-state index >= 15 is 0 Å². The van der Waals surface area contributed by atoms with Gasteiger partial charge >= 0.3 is 0 Å². The molecule has 2 nitrogen and oxygen atoms in total. The highest BCUT2D eigenvalue weighted by atomic mass is 16.6. The van der Waals surface area contributed by atoms with Crippen LogP contribution in [0.5, 0.6) is 5.95 Å². The second-order valence-corrected chi connectivity index (χ2v) is 1.81. The summed E-state index contributed by atoms with van der Waals surface area (Å²) in [5.41, 5.74) is 0. The van der Waals surface area contributed by atoms with E-state index in [1.807, 2.05) is 19.1 Å². The Hall–Kier alpha value is -1.18. The number of hydrogen-bond donors (Lipinski definition) is 0. The molecule has 0 atom stereocenters. The van der Waals surface area contributed by atoms with E-state index in [2.05, 4.69) is 0 Å². The molecule has 1 rings (SSSR count). The van der Waals surface area contributed by atoms with Gasteiger partial charge in [-0.05, 0) is 13.0 Å². The van der Waals surface area contributed by atoms with Gasteiger partial charge in [0.2, 0.25) is 0 Å². The van der Waals surface area contributed by atoms with E-state index < -0.39 is 0 Å². The lowest BCUT2D eigenvalue weighted by atomic mass is 10.5. The van der Waals surface area contributed by atoms with Crippen molar-refractivity contribution in [3.63, 3.8) is 0 Å². The maximum absolute atomic E-state index is 5.13. The molecule has 0 fully saturated rings. The molecule has 1 aromatic rings. The Kier molecular flexibility index (Phi) is 2.62. The van der Waals surface area contributed by atoms with Crippen molar-refractivity contribution in [3.05, 3.63) is 30.5 Å². The van der Waals surface area contributed by atoms with E-state index in [9.17, 15) is 0 Å². The van der Waals surface area contributed by atoms with Crippen molar-refractivity contribution >= 4 is 0 Å². The minimum Gasteiger partial charge on any atom is -0.461 e. The average Bonchev–Trinajstić information content (AvgIpc) is 2.41. The average molecular weight is 138 g/mol. The predicted octanol–water partition coefficient (Wildman–Crippen LogP) is 2.23. The lowest BCUT2D eigenvalue weighted by Gasteiger charge is -1.94. The van der Waals surface area contributed by atoms with Crippen LogP contribution in [0.25, 0.3) is 0 Å². The van der Waals surface area contributed by atoms with Gasteiger partial charge in [0.1, 0.15) is 6.61 Å². The molecule has 0 spiro atoms. The van der Waals surface area contributed by atoms with E-state index in [0.717, 1.165) is 0 Å². The Morgan fingerprint density at radius 1 is 1.70 bits per heavy atom. The Labute approximate surface area is 60.1 Å². The van der Waals surface area contributed by atoms with E-state index in [1.165, 1.54) is 0 Å². The van der Waals surface area contributed by atoms with E-state index in [1.54, 1.807) is 18.4 Å². The van der Waals surface area contributed by atoms with Crippen LogP contribution in [0.15, 0.2) is 35.0 Å². The van der Waals surface area contributed by atoms with Gasteiger partial charge < -0.3 is 9.15 Å². The summed E-state index contributed by atoms with van der Waals surface area (Å²) in [7, 11) is 0. The first-order valence-electron chi connectivity index (χ1n) is 3.21. The lowest BCUT2D eigenvalue weighted by molar-refractivity contribution is 0.272. The highest BCUT2D eigenvalue weighted by molar-refractivity contribution is 5.04. The van der Waals surface area contributed by atoms with Gasteiger partial charge in [0.05, 0.1) is 6.26 Å². The molecule has 2 heteroatoms. The molecule has 0 unspecified atom stereocenters. The number of ether oxygens (including phenoxy) is 1. The molecule has 10 heavy (non-hydrogen) atoms. The zero-order valence-corrected chi connectivity index (χ0v) is 5.91. The summed E-state index contributed by atoms with van der Waals surface area (Å²) in [6.07, 6.45) is 5.44. The van der Waals surface area contributed by atoms with Gasteiger partial charge in [-0.1, -0.05) is 12.2 Å². The van der Waals surface area contributed by atoms with E-state index in [4.69, 9.17) is 9.15 Å². The molecule has 0 aliphatic carbocycles. The molecule has 0 aliphatic rings. The summed E-state index contributed by atoms with van der Waals surface area (Å²) in [4.78, 5) is 0. The van der Waals surface area contributed by atoms with Gasteiger partial charge in [-0.3, -0.25) is 0 Å². The van der Waals surface area contributed by atoms with Crippen molar-refractivity contribution in [2.45, 2.75) is 6.92 Å². The molecule has 0 aromatic carbocycles. The van der Waals surface area contributed by atoms with Crippen LogP contribution in [-0.4, -0.2) is 6.61 Å². The Morgan fingerprint density at radius 3 is 3.20 bits per heavy atom. The summed E-state index contributed by atoms with van der Waals surface area (Å²) in [5, 5.41) is 0. The van der Waals surface area contributed by atoms with Crippen LogP contribution < -0.4 is 4.74 Å². The zero-order valence-electron chi connectivity index (χ0n) is 5.91. The highest BCUT2D eigenvalue weighted by Gasteiger charge is 1.90. The molecule has 54 valence electrons. The van der Waals surface area contributed by atoms with Gasteiger partial charge in [0.15, 0.2) is 0 Å². The Balaban J connectivity index is 2.28. The van der Waals surface area contributed by atoms with Crippen LogP contribution in [0.1, 0.15) is 6.92 Å². The number of rotatable bonds is 3. The summed E-state index contributed by atoms with van der Waals surface area (Å²) < 4.78 is 10.1. The molecule has 0 N–H and O–H groups in total. The van der Waals surface area contributed by atoms with Gasteiger partial charge in [0, 0.05) is 6.07 Å². The maximum atomic E-state index is 5.13. The van der Waals surface area contributed by atoms with Crippen molar-refractivity contribution < 1.29 is 9.15 Å². The fourth-order valence-electron chi connectivity index (χ4n) is 0.572. The fraction of sp³-hybridized carbons (Fsp3) is 0.250. The van der Waals surface area contributed by atoms with Crippen molar-refractivity contribution in [2.75, 3.05) is 6.61 Å². The van der Waals surface area contributed by atoms with Crippen molar-refractivity contribution in [1.29, 1.82) is 0 Å². The highest BCUT2D eigenvalue weighted by Crippen LogP contribution is 2.08. The van der Waals surface area contributed by atoms with Crippen molar-refractivity contribution in [1.82, 2.24) is 0 Å². The molecule has 1 aromatic heterocycles. The van der Waals surface area contributed by atoms with Crippen LogP contribution in [0.3, 0.4) is 0 Å². The SMILES string of the molecule is CC=CCOc1ccco1. The second kappa shape index (κ2) is 3.77. The van der Waals surface area contributed by atoms with Gasteiger partial charge in [-0.15, -0.1) is 0 Å². The van der Waals surface area contributed by atoms with Crippen molar-refractivity contribution in [2.24, 2.45) is 0 Å². The normalized spacial score (nSPS) is 10.5. The van der Waals surface area contributed by atoms with Gasteiger partial charge in [0.25, 0.3) is 5.95 Å². The third kappa shape index (κ3) is 1.97. The van der Waals surface area contributed by atoms with Gasteiger partial charge in [-0.2, -0.15) is 0 Å². The third-order valence-corrected chi connectivity index (χ3v) is 1.05. The second-order valence-electron chi connectivity index (χ2n) is 1.81. The smallest absolute Gasteiger partial charge is 0.284 e. The fourth-order valence-corrected chi connectivity index (χ4v) is 0.572. The molecule has 0 bridgehead atoms. The van der Waals surface area contributed by atoms with Crippen LogP contribution in [0.4, 0.5) is 0 Å². The quantitative estimate of drug-likeness (QED) is 0.597. The minimum absolute atomic E-state index is 0.568. The standard InChI is InChI=1S/C8H10O2/c1-2-3-6-9-8-5-4-7-10-8/h2-5,7H,6H2,1H3. The molecule has 0 aliphatic heterocycles. The Morgan fingerprint density at radius 2 is 2.60 bits per heavy atom. The summed E-state index contributed by atoms with van der Waals surface area (Å²) >= 11 is 0. The zero-order chi connectivity index (χ0) is 7.23. The van der Waals surface area contributed by atoms with E-state index in [-0.39, 0.29) is 0 Å². The first kappa shape index (κ1) is 6.93. The van der Waals surface area contributed by atoms with E-state index in [0.29, 0.717) is 12.6 Å². The largest absolute Gasteiger partial charge is 0.461 e. The molecule has 0 amide bonds. The molecular formula is C8H10O2. The number of allylic oxidation sites excluding steroid dienone is 1. The first-order chi connectivity index (χ1) is 4.93. The third-order valence-electron chi connectivity index (χ3n) is 1.05. The monoisotopic (exact) mass is 138 g/mol. The van der Waals surface area contributed by atoms with Crippen LogP contribution in [0.2, 0.25) is 0 Å². The lowest BCUT2D eigenvalue weighted by Crippen LogP contribution is -1.90. The molecule has 1 heterocycles. The molecule has 0 saturated heterocycles. The minimum atomic E-state index is 0.568. The molecule has 0 radical (unpaired) electrons. The summed E-state index contributed by atoms with van der Waals surface area (Å²) in [5.74, 6) is 0.568. The van der Waals surface area contributed by atoms with Crippen LogP contribution >= 0.6 is 0 Å². The number of furan rings is 1. The number of hydrogen-bond acceptors (Lipinski definition) is 2. The van der Waals surface area contributed by atoms with Gasteiger partial charge in [-0.25, -0.2) is 0 Å². The first-order valence-corrected chi connectivity index (χ1v) is 3.21. The topological polar surface area (TPSA) is 22.4 Å². The predicted molar refractivity (Wildman–Crippen MR) is 39.0 cm³/mol. The summed E-state index contributed by atoms with van der Waals surface area (Å²) in [6, 6.07) is 3.58. The van der Waals surface area contributed by atoms with Crippen LogP contribution in [0, 0.1) is 0 Å². The Bertz CT molecular complexity index is 187. The summed E-state index contributed by atoms with van der Waals surface area (Å²) in [6.45, 7) is 2.52. The molecule has 0 saturated carbocycles. The maximum Gasteiger partial charge on any atom is 0.284 e. The van der Waals surface area contributed by atoms with Crippen molar-refractivity contribution in [3.8, 4) is 5.95 Å². The van der Waals surface area contributed by atoms with Crippen LogP contribution in [-0.2, 0) is 0 Å². The molecular weight excluding hydrogens is 128 g/mol.